The summed E-state index contributed by atoms with van der Waals surface area (Å²) in [6.07, 6.45) is 0. The van der Waals surface area contributed by atoms with Crippen LogP contribution in [-0.4, -0.2) is 87.1 Å². The van der Waals surface area contributed by atoms with Gasteiger partial charge < -0.3 is 9.80 Å². The molecule has 0 radical (unpaired) electrons. The molecule has 0 aromatic carbocycles. The predicted molar refractivity (Wildman–Crippen MR) is 112 cm³/mol. The lowest BCUT2D eigenvalue weighted by molar-refractivity contribution is -0.135. The van der Waals surface area contributed by atoms with E-state index in [9.17, 15) is 9.59 Å². The lowest BCUT2D eigenvalue weighted by Gasteiger charge is -2.35. The molecule has 28 heavy (non-hydrogen) atoms. The van der Waals surface area contributed by atoms with E-state index < -0.39 is 0 Å². The number of hydrogen-bond acceptors (Lipinski definition) is 6. The fourth-order valence-electron chi connectivity index (χ4n) is 3.32. The van der Waals surface area contributed by atoms with Crippen LogP contribution in [-0.2, 0) is 16.1 Å². The first kappa shape index (κ1) is 20.7. The summed E-state index contributed by atoms with van der Waals surface area (Å²) in [5, 5.41) is 9.02. The van der Waals surface area contributed by atoms with Crippen LogP contribution in [0, 0.1) is 4.77 Å². The predicted octanol–water partition coefficient (Wildman–Crippen LogP) is 1.68. The van der Waals surface area contributed by atoms with E-state index in [1.54, 1.807) is 15.9 Å². The topological polar surface area (TPSA) is 77.5 Å². The number of aromatic nitrogens is 3. The number of nitrogens with zero attached hydrogens (tertiary/aromatic N) is 5. The number of rotatable bonds is 7. The molecule has 0 atom stereocenters. The van der Waals surface area contributed by atoms with Crippen LogP contribution in [0.1, 0.15) is 13.8 Å². The highest BCUT2D eigenvalue weighted by Gasteiger charge is 2.24. The fourth-order valence-corrected chi connectivity index (χ4v) is 4.24. The van der Waals surface area contributed by atoms with Crippen LogP contribution in [0.4, 0.5) is 0 Å². The second-order valence-electron chi connectivity index (χ2n) is 6.64. The minimum atomic E-state index is 0.0185. The number of thiophene rings is 1. The molecule has 0 saturated carbocycles. The molecule has 2 aromatic rings. The van der Waals surface area contributed by atoms with Crippen LogP contribution in [0.2, 0.25) is 0 Å². The van der Waals surface area contributed by atoms with E-state index in [-0.39, 0.29) is 18.4 Å². The SMILES string of the molecule is CCN(CC)C(=O)CN1CCN(C(=O)Cn2c(-c3cccs3)n[nH]c2=S)CC1. The van der Waals surface area contributed by atoms with E-state index in [0.29, 0.717) is 43.3 Å². The molecule has 0 bridgehead atoms. The molecule has 8 nitrogen and oxygen atoms in total. The van der Waals surface area contributed by atoms with E-state index in [1.165, 1.54) is 0 Å². The Morgan fingerprint density at radius 2 is 1.93 bits per heavy atom. The Kier molecular flexibility index (Phi) is 6.97. The summed E-state index contributed by atoms with van der Waals surface area (Å²) in [7, 11) is 0. The number of piperazine rings is 1. The van der Waals surface area contributed by atoms with Crippen LogP contribution in [0.3, 0.4) is 0 Å². The molecule has 1 saturated heterocycles. The van der Waals surface area contributed by atoms with Crippen molar-refractivity contribution in [2.45, 2.75) is 20.4 Å². The third-order valence-electron chi connectivity index (χ3n) is 4.99. The van der Waals surface area contributed by atoms with E-state index in [1.807, 2.05) is 41.2 Å². The molecule has 1 fully saturated rings. The van der Waals surface area contributed by atoms with Crippen LogP contribution in [0.25, 0.3) is 10.7 Å². The van der Waals surface area contributed by atoms with Gasteiger partial charge in [0, 0.05) is 39.3 Å². The molecule has 2 amide bonds. The number of carbonyl (C=O) groups is 2. The first-order valence-corrected chi connectivity index (χ1v) is 10.8. The molecule has 152 valence electrons. The van der Waals surface area contributed by atoms with Crippen molar-refractivity contribution in [1.29, 1.82) is 0 Å². The van der Waals surface area contributed by atoms with Gasteiger partial charge in [-0.05, 0) is 37.5 Å². The highest BCUT2D eigenvalue weighted by molar-refractivity contribution is 7.71. The smallest absolute Gasteiger partial charge is 0.242 e. The lowest BCUT2D eigenvalue weighted by atomic mass is 10.3. The van der Waals surface area contributed by atoms with Gasteiger partial charge in [0.15, 0.2) is 10.6 Å². The van der Waals surface area contributed by atoms with Gasteiger partial charge in [0.05, 0.1) is 11.4 Å². The fraction of sp³-hybridized carbons (Fsp3) is 0.556. The summed E-state index contributed by atoms with van der Waals surface area (Å²) < 4.78 is 2.19. The lowest BCUT2D eigenvalue weighted by Crippen LogP contribution is -2.52. The zero-order valence-electron chi connectivity index (χ0n) is 16.3. The Bertz CT molecular complexity index is 848. The van der Waals surface area contributed by atoms with Crippen molar-refractivity contribution in [2.75, 3.05) is 45.8 Å². The molecule has 0 unspecified atom stereocenters. The number of nitrogens with one attached hydrogen (secondary N) is 1. The van der Waals surface area contributed by atoms with Gasteiger partial charge in [0.25, 0.3) is 0 Å². The largest absolute Gasteiger partial charge is 0.342 e. The molecule has 1 aliphatic heterocycles. The van der Waals surface area contributed by atoms with Gasteiger partial charge in [-0.25, -0.2) is 0 Å². The molecule has 0 spiro atoms. The first-order chi connectivity index (χ1) is 13.5. The third-order valence-corrected chi connectivity index (χ3v) is 6.17. The Balaban J connectivity index is 1.56. The molecule has 2 aromatic heterocycles. The number of carbonyl (C=O) groups excluding carboxylic acids is 2. The Labute approximate surface area is 173 Å². The Morgan fingerprint density at radius 1 is 1.21 bits per heavy atom. The van der Waals surface area contributed by atoms with Crippen molar-refractivity contribution in [3.8, 4) is 10.7 Å². The van der Waals surface area contributed by atoms with E-state index >= 15 is 0 Å². The standard InChI is InChI=1S/C18H26N6O2S2/c1-3-22(4-2)15(25)12-21-7-9-23(10-8-21)16(26)13-24-17(19-20-18(24)27)14-6-5-11-28-14/h5-6,11H,3-4,7-10,12-13H2,1-2H3,(H,20,27). The summed E-state index contributed by atoms with van der Waals surface area (Å²) in [5.41, 5.74) is 0. The van der Waals surface area contributed by atoms with Crippen molar-refractivity contribution in [2.24, 2.45) is 0 Å². The van der Waals surface area contributed by atoms with Crippen molar-refractivity contribution in [3.05, 3.63) is 22.3 Å². The van der Waals surface area contributed by atoms with Gasteiger partial charge in [-0.15, -0.1) is 11.3 Å². The minimum Gasteiger partial charge on any atom is -0.342 e. The van der Waals surface area contributed by atoms with Gasteiger partial charge in [-0.3, -0.25) is 24.2 Å². The summed E-state index contributed by atoms with van der Waals surface area (Å²) in [6, 6.07) is 3.91. The van der Waals surface area contributed by atoms with E-state index in [0.717, 1.165) is 18.0 Å². The number of amides is 2. The second kappa shape index (κ2) is 9.44. The average Bonchev–Trinajstić information content (AvgIpc) is 3.34. The molecule has 1 N–H and O–H groups in total. The first-order valence-electron chi connectivity index (χ1n) is 9.50. The molecule has 10 heteroatoms. The maximum atomic E-state index is 12.8. The molecular formula is C18H26N6O2S2. The normalized spacial score (nSPS) is 15.0. The summed E-state index contributed by atoms with van der Waals surface area (Å²) in [6.45, 7) is 8.65. The molecule has 0 aliphatic carbocycles. The van der Waals surface area contributed by atoms with Crippen molar-refractivity contribution in [1.82, 2.24) is 29.5 Å². The van der Waals surface area contributed by atoms with Crippen LogP contribution < -0.4 is 0 Å². The van der Waals surface area contributed by atoms with Gasteiger partial charge in [0.1, 0.15) is 6.54 Å². The van der Waals surface area contributed by atoms with E-state index in [4.69, 9.17) is 12.2 Å². The quantitative estimate of drug-likeness (QED) is 0.687. The highest BCUT2D eigenvalue weighted by Crippen LogP contribution is 2.22. The number of H-pyrrole nitrogens is 1. The number of likely N-dealkylation sites (N-methyl/N-ethyl adjacent to an activating group) is 1. The molecular weight excluding hydrogens is 396 g/mol. The number of aromatic amines is 1. The summed E-state index contributed by atoms with van der Waals surface area (Å²) >= 11 is 6.87. The minimum absolute atomic E-state index is 0.0185. The van der Waals surface area contributed by atoms with Crippen LogP contribution in [0.15, 0.2) is 17.5 Å². The third kappa shape index (κ3) is 4.68. The average molecular weight is 423 g/mol. The summed E-state index contributed by atoms with van der Waals surface area (Å²) in [5.74, 6) is 0.858. The zero-order chi connectivity index (χ0) is 20.1. The Morgan fingerprint density at radius 3 is 2.54 bits per heavy atom. The molecule has 1 aliphatic rings. The van der Waals surface area contributed by atoms with Crippen molar-refractivity contribution in [3.63, 3.8) is 0 Å². The molecule has 3 heterocycles. The summed E-state index contributed by atoms with van der Waals surface area (Å²) in [4.78, 5) is 31.8. The monoisotopic (exact) mass is 422 g/mol. The Hall–Kier alpha value is -2.04. The molecule has 3 rings (SSSR count). The zero-order valence-corrected chi connectivity index (χ0v) is 17.9. The van der Waals surface area contributed by atoms with Gasteiger partial charge in [-0.1, -0.05) is 6.07 Å². The van der Waals surface area contributed by atoms with Crippen molar-refractivity contribution >= 4 is 35.4 Å². The van der Waals surface area contributed by atoms with Gasteiger partial charge >= 0.3 is 0 Å². The van der Waals surface area contributed by atoms with Crippen molar-refractivity contribution < 1.29 is 9.59 Å². The van der Waals surface area contributed by atoms with Crippen LogP contribution >= 0.6 is 23.6 Å². The van der Waals surface area contributed by atoms with E-state index in [2.05, 4.69) is 15.1 Å². The second-order valence-corrected chi connectivity index (χ2v) is 7.97. The maximum Gasteiger partial charge on any atom is 0.242 e. The van der Waals surface area contributed by atoms with Gasteiger partial charge in [0.2, 0.25) is 11.8 Å². The van der Waals surface area contributed by atoms with Gasteiger partial charge in [-0.2, -0.15) is 5.10 Å². The maximum absolute atomic E-state index is 12.8. The number of hydrogen-bond donors (Lipinski definition) is 1. The highest BCUT2D eigenvalue weighted by atomic mass is 32.1. The van der Waals surface area contributed by atoms with Crippen LogP contribution in [0.5, 0.6) is 0 Å².